The number of hydrogen-bond acceptors (Lipinski definition) is 7. The lowest BCUT2D eigenvalue weighted by Crippen LogP contribution is -2.07. The van der Waals surface area contributed by atoms with E-state index in [1.165, 1.54) is 18.2 Å². The van der Waals surface area contributed by atoms with E-state index in [0.717, 1.165) is 22.7 Å². The van der Waals surface area contributed by atoms with E-state index in [2.05, 4.69) is 0 Å². The van der Waals surface area contributed by atoms with Gasteiger partial charge >= 0.3 is 15.1 Å². The van der Waals surface area contributed by atoms with Crippen LogP contribution >= 0.6 is 22.7 Å². The van der Waals surface area contributed by atoms with Gasteiger partial charge < -0.3 is 8.60 Å². The monoisotopic (exact) mass is 314 g/mol. The number of benzene rings is 1. The van der Waals surface area contributed by atoms with Gasteiger partial charge in [-0.15, -0.1) is 11.3 Å². The minimum absolute atomic E-state index is 0.113. The van der Waals surface area contributed by atoms with Crippen molar-refractivity contribution in [1.82, 2.24) is 0 Å². The average molecular weight is 314 g/mol. The molecule has 3 rings (SSSR count). The fraction of sp³-hybridized carbons (Fsp3) is 0. The van der Waals surface area contributed by atoms with Crippen LogP contribution in [0.1, 0.15) is 0 Å². The van der Waals surface area contributed by atoms with Crippen molar-refractivity contribution < 1.29 is 17.0 Å². The number of fused-ring (bicyclic) bond motifs is 1. The molecule has 2 aromatic heterocycles. The van der Waals surface area contributed by atoms with Crippen LogP contribution in [0.3, 0.4) is 0 Å². The normalized spacial score (nSPS) is 11.8. The zero-order chi connectivity index (χ0) is 13.5. The van der Waals surface area contributed by atoms with Gasteiger partial charge in [0.25, 0.3) is 0 Å². The summed E-state index contributed by atoms with van der Waals surface area (Å²) in [5, 5.41) is 1.65. The Labute approximate surface area is 115 Å². The Kier molecular flexibility index (Phi) is 2.92. The lowest BCUT2D eigenvalue weighted by atomic mass is 10.3. The third kappa shape index (κ3) is 2.42. The van der Waals surface area contributed by atoms with Gasteiger partial charge in [0.2, 0.25) is 0 Å². The SMILES string of the molecule is O=c1oc2cc(OS(=O)(=O)c3cccs3)ccc2s1. The standard InChI is InChI=1S/C11H6O5S3/c12-11-15-8-6-7(3-4-9(8)18-11)16-19(13,14)10-2-1-5-17-10/h1-6H. The molecule has 0 radical (unpaired) electrons. The maximum Gasteiger partial charge on any atom is 0.396 e. The average Bonchev–Trinajstić information content (AvgIpc) is 2.95. The maximum absolute atomic E-state index is 11.9. The summed E-state index contributed by atoms with van der Waals surface area (Å²) in [5.74, 6) is 0.113. The van der Waals surface area contributed by atoms with Crippen molar-refractivity contribution in [3.63, 3.8) is 0 Å². The highest BCUT2D eigenvalue weighted by molar-refractivity contribution is 7.89. The van der Waals surface area contributed by atoms with E-state index in [4.69, 9.17) is 8.60 Å². The summed E-state index contributed by atoms with van der Waals surface area (Å²) in [6, 6.07) is 7.55. The van der Waals surface area contributed by atoms with Crippen molar-refractivity contribution >= 4 is 43.1 Å². The highest BCUT2D eigenvalue weighted by Gasteiger charge is 2.18. The van der Waals surface area contributed by atoms with Gasteiger partial charge in [-0.3, -0.25) is 0 Å². The molecule has 0 aliphatic rings. The third-order valence-electron chi connectivity index (χ3n) is 2.25. The van der Waals surface area contributed by atoms with E-state index in [0.29, 0.717) is 10.3 Å². The van der Waals surface area contributed by atoms with Crippen LogP contribution in [0.4, 0.5) is 0 Å². The molecule has 5 nitrogen and oxygen atoms in total. The van der Waals surface area contributed by atoms with Crippen molar-refractivity contribution in [2.45, 2.75) is 4.21 Å². The predicted octanol–water partition coefficient (Wildman–Crippen LogP) is 2.68. The lowest BCUT2D eigenvalue weighted by Gasteiger charge is -2.04. The minimum atomic E-state index is -3.83. The van der Waals surface area contributed by atoms with Gasteiger partial charge in [-0.2, -0.15) is 8.42 Å². The van der Waals surface area contributed by atoms with Crippen LogP contribution in [-0.2, 0) is 10.1 Å². The largest absolute Gasteiger partial charge is 0.414 e. The maximum atomic E-state index is 11.9. The van der Waals surface area contributed by atoms with Crippen molar-refractivity contribution in [3.05, 3.63) is 45.4 Å². The Bertz CT molecular complexity index is 871. The summed E-state index contributed by atoms with van der Waals surface area (Å²) in [5.41, 5.74) is 0.314. The first kappa shape index (κ1) is 12.4. The topological polar surface area (TPSA) is 73.6 Å². The van der Waals surface area contributed by atoms with E-state index >= 15 is 0 Å². The molecule has 0 saturated heterocycles. The second-order valence-electron chi connectivity index (χ2n) is 3.53. The molecule has 19 heavy (non-hydrogen) atoms. The Balaban J connectivity index is 1.99. The van der Waals surface area contributed by atoms with Gasteiger partial charge in [-0.25, -0.2) is 4.79 Å². The summed E-state index contributed by atoms with van der Waals surface area (Å²) >= 11 is 2.02. The third-order valence-corrected chi connectivity index (χ3v) is 5.66. The lowest BCUT2D eigenvalue weighted by molar-refractivity contribution is 0.487. The fourth-order valence-corrected chi connectivity index (χ4v) is 4.00. The minimum Gasteiger partial charge on any atom is -0.414 e. The molecule has 8 heteroatoms. The second-order valence-corrected chi connectivity index (χ2v) is 7.23. The van der Waals surface area contributed by atoms with E-state index < -0.39 is 15.1 Å². The molecule has 2 heterocycles. The van der Waals surface area contributed by atoms with Crippen molar-refractivity contribution in [3.8, 4) is 5.75 Å². The summed E-state index contributed by atoms with van der Waals surface area (Å²) in [6.45, 7) is 0. The number of thiophene rings is 1. The molecule has 0 aliphatic heterocycles. The van der Waals surface area contributed by atoms with Crippen molar-refractivity contribution in [2.24, 2.45) is 0 Å². The van der Waals surface area contributed by atoms with Crippen LogP contribution in [0.15, 0.2) is 49.1 Å². The van der Waals surface area contributed by atoms with Crippen LogP contribution in [-0.4, -0.2) is 8.42 Å². The first-order chi connectivity index (χ1) is 9.04. The molecule has 0 atom stereocenters. The molecule has 0 fully saturated rings. The summed E-state index contributed by atoms with van der Waals surface area (Å²) in [4.78, 5) is 10.6. The van der Waals surface area contributed by atoms with E-state index in [1.807, 2.05) is 0 Å². The second kappa shape index (κ2) is 4.48. The van der Waals surface area contributed by atoms with E-state index in [-0.39, 0.29) is 9.96 Å². The van der Waals surface area contributed by atoms with Crippen LogP contribution in [0, 0.1) is 0 Å². The Morgan fingerprint density at radius 2 is 2.05 bits per heavy atom. The zero-order valence-corrected chi connectivity index (χ0v) is 11.7. The van der Waals surface area contributed by atoms with Gasteiger partial charge in [0.15, 0.2) is 9.79 Å². The number of rotatable bonds is 3. The van der Waals surface area contributed by atoms with Gasteiger partial charge in [0.05, 0.1) is 4.70 Å². The molecule has 0 spiro atoms. The molecular weight excluding hydrogens is 308 g/mol. The molecule has 0 unspecified atom stereocenters. The van der Waals surface area contributed by atoms with Gasteiger partial charge in [-0.1, -0.05) is 17.4 Å². The molecule has 98 valence electrons. The van der Waals surface area contributed by atoms with Crippen molar-refractivity contribution in [2.75, 3.05) is 0 Å². The molecule has 0 bridgehead atoms. The van der Waals surface area contributed by atoms with Crippen LogP contribution < -0.4 is 9.12 Å². The quantitative estimate of drug-likeness (QED) is 0.695. The first-order valence-corrected chi connectivity index (χ1v) is 8.17. The van der Waals surface area contributed by atoms with Gasteiger partial charge in [-0.05, 0) is 23.6 Å². The van der Waals surface area contributed by atoms with Crippen LogP contribution in [0.5, 0.6) is 5.75 Å². The predicted molar refractivity (Wildman–Crippen MR) is 72.5 cm³/mol. The first-order valence-electron chi connectivity index (χ1n) is 5.06. The van der Waals surface area contributed by atoms with Crippen molar-refractivity contribution in [1.29, 1.82) is 0 Å². The zero-order valence-electron chi connectivity index (χ0n) is 9.23. The highest BCUT2D eigenvalue weighted by atomic mass is 32.3. The Morgan fingerprint density at radius 3 is 2.79 bits per heavy atom. The molecule has 0 amide bonds. The summed E-state index contributed by atoms with van der Waals surface area (Å²) < 4.78 is 34.5. The molecular formula is C11H6O5S3. The molecule has 0 N–H and O–H groups in total. The van der Waals surface area contributed by atoms with E-state index in [9.17, 15) is 13.2 Å². The molecule has 3 aromatic rings. The smallest absolute Gasteiger partial charge is 0.396 e. The Hall–Kier alpha value is -1.64. The molecule has 0 aliphatic carbocycles. The fourth-order valence-electron chi connectivity index (χ4n) is 1.48. The van der Waals surface area contributed by atoms with Gasteiger partial charge in [0.1, 0.15) is 5.75 Å². The van der Waals surface area contributed by atoms with Gasteiger partial charge in [0, 0.05) is 6.07 Å². The highest BCUT2D eigenvalue weighted by Crippen LogP contribution is 2.26. The molecule has 1 aromatic carbocycles. The Morgan fingerprint density at radius 1 is 1.21 bits per heavy atom. The van der Waals surface area contributed by atoms with Crippen LogP contribution in [0.25, 0.3) is 10.3 Å². The summed E-state index contributed by atoms with van der Waals surface area (Å²) in [6.07, 6.45) is 0. The molecule has 0 saturated carbocycles. The summed E-state index contributed by atoms with van der Waals surface area (Å²) in [7, 11) is -3.83. The van der Waals surface area contributed by atoms with E-state index in [1.54, 1.807) is 17.5 Å². The van der Waals surface area contributed by atoms with Crippen LogP contribution in [0.2, 0.25) is 0 Å². The number of hydrogen-bond donors (Lipinski definition) is 0.